The zero-order valence-corrected chi connectivity index (χ0v) is 12.8. The van der Waals surface area contributed by atoms with Crippen molar-refractivity contribution in [3.05, 3.63) is 21.3 Å². The standard InChI is InChI=1S/C13H20ClNO2S/c1-8(2)5-11(13(16)17-4)15-9(3)10-6-12(14)18-7-10/h6-9,11,15H,5H2,1-4H3. The number of hydrogen-bond donors (Lipinski definition) is 1. The Kier molecular flexibility index (Phi) is 6.12. The molecule has 1 aromatic heterocycles. The van der Waals surface area contributed by atoms with Crippen LogP contribution in [0.3, 0.4) is 0 Å². The number of ether oxygens (including phenoxy) is 1. The molecule has 0 bridgehead atoms. The summed E-state index contributed by atoms with van der Waals surface area (Å²) >= 11 is 7.41. The Bertz CT molecular complexity index is 392. The van der Waals surface area contributed by atoms with Crippen molar-refractivity contribution >= 4 is 28.9 Å². The van der Waals surface area contributed by atoms with E-state index in [1.807, 2.05) is 18.4 Å². The highest BCUT2D eigenvalue weighted by molar-refractivity contribution is 7.14. The molecule has 102 valence electrons. The zero-order valence-electron chi connectivity index (χ0n) is 11.2. The first-order chi connectivity index (χ1) is 8.43. The van der Waals surface area contributed by atoms with Crippen LogP contribution in [0.1, 0.15) is 38.8 Å². The third kappa shape index (κ3) is 4.59. The maximum atomic E-state index is 11.7. The maximum absolute atomic E-state index is 11.7. The Morgan fingerprint density at radius 3 is 2.61 bits per heavy atom. The van der Waals surface area contributed by atoms with Crippen LogP contribution in [0.4, 0.5) is 0 Å². The van der Waals surface area contributed by atoms with Crippen molar-refractivity contribution in [1.29, 1.82) is 0 Å². The first-order valence-corrected chi connectivity index (χ1v) is 7.27. The molecular weight excluding hydrogens is 270 g/mol. The predicted octanol–water partition coefficient (Wildman–Crippen LogP) is 3.64. The maximum Gasteiger partial charge on any atom is 0.322 e. The molecule has 1 N–H and O–H groups in total. The van der Waals surface area contributed by atoms with E-state index in [1.165, 1.54) is 18.4 Å². The lowest BCUT2D eigenvalue weighted by atomic mass is 10.0. The summed E-state index contributed by atoms with van der Waals surface area (Å²) < 4.78 is 5.59. The molecule has 0 saturated carbocycles. The fourth-order valence-corrected chi connectivity index (χ4v) is 2.78. The number of thiophene rings is 1. The van der Waals surface area contributed by atoms with Crippen molar-refractivity contribution in [2.75, 3.05) is 7.11 Å². The SMILES string of the molecule is COC(=O)C(CC(C)C)NC(C)c1csc(Cl)c1. The van der Waals surface area contributed by atoms with E-state index in [9.17, 15) is 4.79 Å². The molecule has 0 aliphatic heterocycles. The summed E-state index contributed by atoms with van der Waals surface area (Å²) in [7, 11) is 1.42. The highest BCUT2D eigenvalue weighted by Gasteiger charge is 2.23. The fourth-order valence-electron chi connectivity index (χ4n) is 1.79. The summed E-state index contributed by atoms with van der Waals surface area (Å²) in [5.74, 6) is 0.219. The van der Waals surface area contributed by atoms with Crippen LogP contribution in [-0.4, -0.2) is 19.1 Å². The minimum atomic E-state index is -0.274. The molecule has 0 fully saturated rings. The van der Waals surface area contributed by atoms with Gasteiger partial charge in [0.25, 0.3) is 0 Å². The van der Waals surface area contributed by atoms with E-state index < -0.39 is 0 Å². The molecule has 1 rings (SSSR count). The van der Waals surface area contributed by atoms with Gasteiger partial charge in [0.1, 0.15) is 6.04 Å². The monoisotopic (exact) mass is 289 g/mol. The first-order valence-electron chi connectivity index (χ1n) is 6.01. The summed E-state index contributed by atoms with van der Waals surface area (Å²) in [4.78, 5) is 11.7. The smallest absolute Gasteiger partial charge is 0.322 e. The molecule has 18 heavy (non-hydrogen) atoms. The molecular formula is C13H20ClNO2S. The van der Waals surface area contributed by atoms with Crippen LogP contribution < -0.4 is 5.32 Å². The predicted molar refractivity (Wildman–Crippen MR) is 76.1 cm³/mol. The second kappa shape index (κ2) is 7.12. The summed E-state index contributed by atoms with van der Waals surface area (Å²) in [6.45, 7) is 6.20. The van der Waals surface area contributed by atoms with Gasteiger partial charge in [-0.2, -0.15) is 0 Å². The number of rotatable bonds is 6. The van der Waals surface area contributed by atoms with E-state index in [-0.39, 0.29) is 18.1 Å². The number of nitrogens with one attached hydrogen (secondary N) is 1. The fraction of sp³-hybridized carbons (Fsp3) is 0.615. The quantitative estimate of drug-likeness (QED) is 0.813. The van der Waals surface area contributed by atoms with Gasteiger partial charge in [-0.25, -0.2) is 0 Å². The Morgan fingerprint density at radius 1 is 1.50 bits per heavy atom. The lowest BCUT2D eigenvalue weighted by Crippen LogP contribution is -2.40. The van der Waals surface area contributed by atoms with Gasteiger partial charge in [-0.1, -0.05) is 25.4 Å². The van der Waals surface area contributed by atoms with Crippen LogP contribution in [0.15, 0.2) is 11.4 Å². The van der Waals surface area contributed by atoms with Crippen LogP contribution in [0, 0.1) is 5.92 Å². The van der Waals surface area contributed by atoms with Crippen LogP contribution in [0.25, 0.3) is 0 Å². The van der Waals surface area contributed by atoms with Gasteiger partial charge in [-0.05, 0) is 36.3 Å². The van der Waals surface area contributed by atoms with Gasteiger partial charge in [-0.15, -0.1) is 11.3 Å². The third-order valence-electron chi connectivity index (χ3n) is 2.73. The molecule has 1 heterocycles. The second-order valence-electron chi connectivity index (χ2n) is 4.78. The van der Waals surface area contributed by atoms with E-state index >= 15 is 0 Å². The second-order valence-corrected chi connectivity index (χ2v) is 6.32. The third-order valence-corrected chi connectivity index (χ3v) is 3.84. The minimum Gasteiger partial charge on any atom is -0.468 e. The Labute approximate surface area is 117 Å². The van der Waals surface area contributed by atoms with E-state index in [2.05, 4.69) is 19.2 Å². The van der Waals surface area contributed by atoms with Crippen molar-refractivity contribution in [1.82, 2.24) is 5.32 Å². The molecule has 3 nitrogen and oxygen atoms in total. The van der Waals surface area contributed by atoms with Crippen molar-refractivity contribution < 1.29 is 9.53 Å². The Morgan fingerprint density at radius 2 is 2.17 bits per heavy atom. The summed E-state index contributed by atoms with van der Waals surface area (Å²) in [6.07, 6.45) is 0.759. The Balaban J connectivity index is 2.67. The first kappa shape index (κ1) is 15.5. The molecule has 5 heteroatoms. The zero-order chi connectivity index (χ0) is 13.7. The summed E-state index contributed by atoms with van der Waals surface area (Å²) in [5, 5.41) is 5.31. The average Bonchev–Trinajstić information content (AvgIpc) is 2.73. The lowest BCUT2D eigenvalue weighted by Gasteiger charge is -2.22. The van der Waals surface area contributed by atoms with E-state index in [4.69, 9.17) is 16.3 Å². The molecule has 0 saturated heterocycles. The van der Waals surface area contributed by atoms with Crippen molar-refractivity contribution in [2.24, 2.45) is 5.92 Å². The number of hydrogen-bond acceptors (Lipinski definition) is 4. The van der Waals surface area contributed by atoms with Crippen molar-refractivity contribution in [2.45, 2.75) is 39.3 Å². The molecule has 0 spiro atoms. The molecule has 2 atom stereocenters. The molecule has 0 radical (unpaired) electrons. The molecule has 0 amide bonds. The van der Waals surface area contributed by atoms with E-state index in [0.717, 1.165) is 16.3 Å². The molecule has 0 aliphatic carbocycles. The summed E-state index contributed by atoms with van der Waals surface area (Å²) in [6, 6.07) is 1.73. The highest BCUT2D eigenvalue weighted by Crippen LogP contribution is 2.25. The number of halogens is 1. The number of methoxy groups -OCH3 is 1. The average molecular weight is 290 g/mol. The van der Waals surface area contributed by atoms with Crippen molar-refractivity contribution in [3.8, 4) is 0 Å². The van der Waals surface area contributed by atoms with E-state index in [0.29, 0.717) is 5.92 Å². The number of carbonyl (C=O) groups is 1. The van der Waals surface area contributed by atoms with E-state index in [1.54, 1.807) is 0 Å². The topological polar surface area (TPSA) is 38.3 Å². The highest BCUT2D eigenvalue weighted by atomic mass is 35.5. The molecule has 0 aromatic carbocycles. The van der Waals surface area contributed by atoms with Gasteiger partial charge in [0.2, 0.25) is 0 Å². The van der Waals surface area contributed by atoms with Crippen LogP contribution in [-0.2, 0) is 9.53 Å². The van der Waals surface area contributed by atoms with Gasteiger partial charge < -0.3 is 4.74 Å². The molecule has 2 unspecified atom stereocenters. The van der Waals surface area contributed by atoms with Crippen molar-refractivity contribution in [3.63, 3.8) is 0 Å². The Hall–Kier alpha value is -0.580. The van der Waals surface area contributed by atoms with Crippen LogP contribution in [0.2, 0.25) is 4.34 Å². The van der Waals surface area contributed by atoms with Gasteiger partial charge in [-0.3, -0.25) is 10.1 Å². The van der Waals surface area contributed by atoms with Gasteiger partial charge in [0, 0.05) is 6.04 Å². The van der Waals surface area contributed by atoms with Gasteiger partial charge in [0.05, 0.1) is 11.4 Å². The lowest BCUT2D eigenvalue weighted by molar-refractivity contribution is -0.143. The minimum absolute atomic E-state index is 0.0802. The normalized spacial score (nSPS) is 14.6. The molecule has 0 aliphatic rings. The largest absolute Gasteiger partial charge is 0.468 e. The molecule has 1 aromatic rings. The number of esters is 1. The summed E-state index contributed by atoms with van der Waals surface area (Å²) in [5.41, 5.74) is 1.10. The van der Waals surface area contributed by atoms with Crippen LogP contribution in [0.5, 0.6) is 0 Å². The van der Waals surface area contributed by atoms with Crippen LogP contribution >= 0.6 is 22.9 Å². The van der Waals surface area contributed by atoms with Gasteiger partial charge >= 0.3 is 5.97 Å². The van der Waals surface area contributed by atoms with Gasteiger partial charge in [0.15, 0.2) is 0 Å². The number of carbonyl (C=O) groups excluding carboxylic acids is 1.